The van der Waals surface area contributed by atoms with Gasteiger partial charge in [-0.3, -0.25) is 0 Å². The van der Waals surface area contributed by atoms with Gasteiger partial charge in [0.05, 0.1) is 0 Å². The van der Waals surface area contributed by atoms with Crippen LogP contribution in [0.4, 0.5) is 0 Å². The summed E-state index contributed by atoms with van der Waals surface area (Å²) in [6.45, 7) is 10.1. The molecule has 0 amide bonds. The standard InChI is InChI=1S/C16H20O4/c1-11(2)15(18)19-10-14(17)20-16(4,5)13-8-6-12(3)7-9-13/h6-9H,1,10H2,2-5H3. The lowest BCUT2D eigenvalue weighted by atomic mass is 9.97. The first kappa shape index (κ1) is 16.0. The van der Waals surface area contributed by atoms with E-state index in [4.69, 9.17) is 9.47 Å². The predicted molar refractivity (Wildman–Crippen MR) is 76.1 cm³/mol. The molecule has 0 radical (unpaired) electrons. The van der Waals surface area contributed by atoms with Crippen LogP contribution in [0, 0.1) is 6.92 Å². The van der Waals surface area contributed by atoms with Gasteiger partial charge in [-0.15, -0.1) is 0 Å². The highest BCUT2D eigenvalue weighted by atomic mass is 16.6. The van der Waals surface area contributed by atoms with Gasteiger partial charge in [-0.2, -0.15) is 0 Å². The van der Waals surface area contributed by atoms with Gasteiger partial charge in [0.15, 0.2) is 6.61 Å². The van der Waals surface area contributed by atoms with E-state index in [-0.39, 0.29) is 5.57 Å². The van der Waals surface area contributed by atoms with E-state index in [1.54, 1.807) is 13.8 Å². The lowest BCUT2D eigenvalue weighted by Crippen LogP contribution is -2.28. The van der Waals surface area contributed by atoms with Crippen LogP contribution in [-0.4, -0.2) is 18.5 Å². The van der Waals surface area contributed by atoms with Gasteiger partial charge in [0.25, 0.3) is 0 Å². The first-order valence-electron chi connectivity index (χ1n) is 6.34. The van der Waals surface area contributed by atoms with E-state index in [9.17, 15) is 9.59 Å². The molecule has 0 aliphatic rings. The minimum Gasteiger partial charge on any atom is -0.452 e. The average Bonchev–Trinajstić information content (AvgIpc) is 2.35. The number of aryl methyl sites for hydroxylation is 1. The molecule has 0 fully saturated rings. The van der Waals surface area contributed by atoms with Crippen molar-refractivity contribution in [2.24, 2.45) is 0 Å². The second-order valence-corrected chi connectivity index (χ2v) is 5.21. The van der Waals surface area contributed by atoms with Crippen molar-refractivity contribution in [3.05, 3.63) is 47.5 Å². The molecule has 1 aromatic carbocycles. The number of carbonyl (C=O) groups excluding carboxylic acids is 2. The number of carbonyl (C=O) groups is 2. The van der Waals surface area contributed by atoms with Crippen LogP contribution < -0.4 is 0 Å². The Balaban J connectivity index is 2.62. The Labute approximate surface area is 119 Å². The molecule has 0 saturated carbocycles. The van der Waals surface area contributed by atoms with E-state index < -0.39 is 24.1 Å². The fraction of sp³-hybridized carbons (Fsp3) is 0.375. The maximum atomic E-state index is 11.7. The monoisotopic (exact) mass is 276 g/mol. The number of ether oxygens (including phenoxy) is 2. The van der Waals surface area contributed by atoms with Crippen LogP contribution in [0.5, 0.6) is 0 Å². The van der Waals surface area contributed by atoms with Crippen LogP contribution in [0.3, 0.4) is 0 Å². The van der Waals surface area contributed by atoms with Gasteiger partial charge in [-0.05, 0) is 33.3 Å². The van der Waals surface area contributed by atoms with Crippen molar-refractivity contribution in [2.75, 3.05) is 6.61 Å². The van der Waals surface area contributed by atoms with Crippen molar-refractivity contribution in [2.45, 2.75) is 33.3 Å². The third-order valence-corrected chi connectivity index (χ3v) is 2.79. The van der Waals surface area contributed by atoms with E-state index in [1.165, 1.54) is 6.92 Å². The third kappa shape index (κ3) is 4.53. The number of rotatable bonds is 5. The van der Waals surface area contributed by atoms with Gasteiger partial charge in [0.2, 0.25) is 0 Å². The molecule has 0 bridgehead atoms. The van der Waals surface area contributed by atoms with Crippen molar-refractivity contribution in [3.8, 4) is 0 Å². The molecule has 4 heteroatoms. The van der Waals surface area contributed by atoms with E-state index >= 15 is 0 Å². The summed E-state index contributed by atoms with van der Waals surface area (Å²) < 4.78 is 10.1. The van der Waals surface area contributed by atoms with Crippen LogP contribution in [0.1, 0.15) is 31.9 Å². The summed E-state index contributed by atoms with van der Waals surface area (Å²) >= 11 is 0. The molecule has 1 rings (SSSR count). The quantitative estimate of drug-likeness (QED) is 0.613. The molecule has 1 aromatic rings. The maximum absolute atomic E-state index is 11.7. The molecular weight excluding hydrogens is 256 g/mol. The molecule has 0 aliphatic heterocycles. The second kappa shape index (κ2) is 6.37. The number of esters is 2. The minimum atomic E-state index is -0.777. The van der Waals surface area contributed by atoms with Crippen molar-refractivity contribution in [1.82, 2.24) is 0 Å². The van der Waals surface area contributed by atoms with E-state index in [2.05, 4.69) is 6.58 Å². The Morgan fingerprint density at radius 3 is 2.25 bits per heavy atom. The molecule has 4 nitrogen and oxygen atoms in total. The topological polar surface area (TPSA) is 52.6 Å². The fourth-order valence-electron chi connectivity index (χ4n) is 1.58. The SMILES string of the molecule is C=C(C)C(=O)OCC(=O)OC(C)(C)c1ccc(C)cc1. The number of hydrogen-bond acceptors (Lipinski definition) is 4. The minimum absolute atomic E-state index is 0.246. The smallest absolute Gasteiger partial charge is 0.345 e. The van der Waals surface area contributed by atoms with Crippen LogP contribution in [0.25, 0.3) is 0 Å². The first-order valence-corrected chi connectivity index (χ1v) is 6.34. The highest BCUT2D eigenvalue weighted by Crippen LogP contribution is 2.25. The molecule has 0 aliphatic carbocycles. The third-order valence-electron chi connectivity index (χ3n) is 2.79. The maximum Gasteiger partial charge on any atom is 0.345 e. The predicted octanol–water partition coefficient (Wildman–Crippen LogP) is 2.89. The Kier molecular flexibility index (Phi) is 5.08. The molecule has 0 N–H and O–H groups in total. The summed E-state index contributed by atoms with van der Waals surface area (Å²) in [5.41, 5.74) is 1.48. The molecule has 0 aromatic heterocycles. The normalized spacial score (nSPS) is 10.8. The van der Waals surface area contributed by atoms with Gasteiger partial charge in [0, 0.05) is 5.57 Å². The molecule has 20 heavy (non-hydrogen) atoms. The van der Waals surface area contributed by atoms with Gasteiger partial charge < -0.3 is 9.47 Å². The van der Waals surface area contributed by atoms with Crippen molar-refractivity contribution in [1.29, 1.82) is 0 Å². The Morgan fingerprint density at radius 2 is 1.75 bits per heavy atom. The van der Waals surface area contributed by atoms with Gasteiger partial charge in [-0.1, -0.05) is 36.4 Å². The number of hydrogen-bond donors (Lipinski definition) is 0. The van der Waals surface area contributed by atoms with Crippen molar-refractivity contribution < 1.29 is 19.1 Å². The summed E-state index contributed by atoms with van der Waals surface area (Å²) in [6, 6.07) is 7.71. The molecule has 0 unspecified atom stereocenters. The van der Waals surface area contributed by atoms with E-state index in [0.717, 1.165) is 11.1 Å². The molecule has 0 spiro atoms. The fourth-order valence-corrected chi connectivity index (χ4v) is 1.58. The highest BCUT2D eigenvalue weighted by Gasteiger charge is 2.25. The van der Waals surface area contributed by atoms with E-state index in [0.29, 0.717) is 0 Å². The lowest BCUT2D eigenvalue weighted by molar-refractivity contribution is -0.167. The van der Waals surface area contributed by atoms with Crippen molar-refractivity contribution in [3.63, 3.8) is 0 Å². The zero-order chi connectivity index (χ0) is 15.3. The summed E-state index contributed by atoms with van der Waals surface area (Å²) in [5.74, 6) is -1.19. The van der Waals surface area contributed by atoms with Crippen LogP contribution >= 0.6 is 0 Å². The summed E-state index contributed by atoms with van der Waals surface area (Å²) in [5, 5.41) is 0. The zero-order valence-electron chi connectivity index (χ0n) is 12.4. The lowest BCUT2D eigenvalue weighted by Gasteiger charge is -2.25. The first-order chi connectivity index (χ1) is 9.22. The number of benzene rings is 1. The van der Waals surface area contributed by atoms with Gasteiger partial charge in [-0.25, -0.2) is 9.59 Å². The van der Waals surface area contributed by atoms with Crippen molar-refractivity contribution >= 4 is 11.9 Å². The Morgan fingerprint density at radius 1 is 1.20 bits per heavy atom. The molecule has 108 valence electrons. The second-order valence-electron chi connectivity index (χ2n) is 5.21. The summed E-state index contributed by atoms with van der Waals surface area (Å²) in [7, 11) is 0. The average molecular weight is 276 g/mol. The van der Waals surface area contributed by atoms with Crippen LogP contribution in [-0.2, 0) is 24.7 Å². The summed E-state index contributed by atoms with van der Waals surface area (Å²) in [4.78, 5) is 22.9. The molecule has 0 heterocycles. The van der Waals surface area contributed by atoms with E-state index in [1.807, 2.05) is 31.2 Å². The zero-order valence-corrected chi connectivity index (χ0v) is 12.4. The molecule has 0 atom stereocenters. The van der Waals surface area contributed by atoms with Crippen LogP contribution in [0.15, 0.2) is 36.4 Å². The Bertz CT molecular complexity index is 512. The highest BCUT2D eigenvalue weighted by molar-refractivity contribution is 5.88. The van der Waals surface area contributed by atoms with Gasteiger partial charge >= 0.3 is 11.9 Å². The Hall–Kier alpha value is -2.10. The van der Waals surface area contributed by atoms with Crippen LogP contribution in [0.2, 0.25) is 0 Å². The molecule has 0 saturated heterocycles. The van der Waals surface area contributed by atoms with Gasteiger partial charge in [0.1, 0.15) is 5.60 Å². The summed E-state index contributed by atoms with van der Waals surface area (Å²) in [6.07, 6.45) is 0. The largest absolute Gasteiger partial charge is 0.452 e. The molecular formula is C16H20O4.